The summed E-state index contributed by atoms with van der Waals surface area (Å²) in [6, 6.07) is 6.24. The standard InChI is InChI=1S/C18H19FN2O3/c1-12-7-16(24-15-3-2-6-23-11-15)9-17(21-12)18(22)8-14-5-4-13(19)10-20-14/h4-5,7,9-10,15H,2-3,6,8,11H2,1H3/t15-/m1/s1. The number of carbonyl (C=O) groups is 1. The number of Topliss-reactive ketones (excluding diaryl/α,β-unsaturated/α-hetero) is 1. The van der Waals surface area contributed by atoms with Gasteiger partial charge in [-0.05, 0) is 31.9 Å². The van der Waals surface area contributed by atoms with Crippen molar-refractivity contribution >= 4 is 5.78 Å². The highest BCUT2D eigenvalue weighted by Gasteiger charge is 2.17. The average molecular weight is 330 g/mol. The third-order valence-corrected chi connectivity index (χ3v) is 3.76. The van der Waals surface area contributed by atoms with Crippen LogP contribution in [0.3, 0.4) is 0 Å². The fraction of sp³-hybridized carbons (Fsp3) is 0.389. The van der Waals surface area contributed by atoms with Gasteiger partial charge in [-0.3, -0.25) is 9.78 Å². The minimum Gasteiger partial charge on any atom is -0.488 e. The highest BCUT2D eigenvalue weighted by molar-refractivity contribution is 5.95. The lowest BCUT2D eigenvalue weighted by molar-refractivity contribution is 0.00734. The quantitative estimate of drug-likeness (QED) is 0.789. The van der Waals surface area contributed by atoms with E-state index in [1.807, 2.05) is 13.0 Å². The Morgan fingerprint density at radius 2 is 2.29 bits per heavy atom. The number of carbonyl (C=O) groups excluding carboxylic acids is 1. The van der Waals surface area contributed by atoms with Crippen LogP contribution in [0.5, 0.6) is 5.75 Å². The van der Waals surface area contributed by atoms with Crippen molar-refractivity contribution in [1.82, 2.24) is 9.97 Å². The topological polar surface area (TPSA) is 61.3 Å². The van der Waals surface area contributed by atoms with Gasteiger partial charge in [-0.15, -0.1) is 0 Å². The minimum atomic E-state index is -0.426. The molecule has 3 rings (SSSR count). The predicted molar refractivity (Wildman–Crippen MR) is 85.7 cm³/mol. The first-order valence-corrected chi connectivity index (χ1v) is 7.97. The first-order chi connectivity index (χ1) is 11.6. The minimum absolute atomic E-state index is 0.00210. The third-order valence-electron chi connectivity index (χ3n) is 3.76. The first kappa shape index (κ1) is 16.5. The number of rotatable bonds is 5. The molecular weight excluding hydrogens is 311 g/mol. The van der Waals surface area contributed by atoms with Crippen molar-refractivity contribution in [2.24, 2.45) is 0 Å². The number of hydrogen-bond acceptors (Lipinski definition) is 5. The van der Waals surface area contributed by atoms with Gasteiger partial charge < -0.3 is 9.47 Å². The largest absolute Gasteiger partial charge is 0.488 e. The molecule has 24 heavy (non-hydrogen) atoms. The molecule has 1 aliphatic heterocycles. The summed E-state index contributed by atoms with van der Waals surface area (Å²) in [5, 5.41) is 0. The predicted octanol–water partition coefficient (Wildman–Crippen LogP) is 2.91. The van der Waals surface area contributed by atoms with E-state index in [0.717, 1.165) is 25.6 Å². The molecule has 0 amide bonds. The summed E-state index contributed by atoms with van der Waals surface area (Å²) in [5.74, 6) is 0.0150. The number of halogens is 1. The molecule has 0 unspecified atom stereocenters. The second-order valence-corrected chi connectivity index (χ2v) is 5.85. The molecule has 6 heteroatoms. The second-order valence-electron chi connectivity index (χ2n) is 5.85. The van der Waals surface area contributed by atoms with E-state index < -0.39 is 5.82 Å². The molecule has 0 N–H and O–H groups in total. The molecule has 0 aromatic carbocycles. The molecule has 3 heterocycles. The SMILES string of the molecule is Cc1cc(O[C@@H]2CCCOC2)cc(C(=O)Cc2ccc(F)cn2)n1. The molecule has 1 saturated heterocycles. The average Bonchev–Trinajstić information content (AvgIpc) is 2.57. The fourth-order valence-electron chi connectivity index (χ4n) is 2.61. The van der Waals surface area contributed by atoms with E-state index in [1.165, 1.54) is 12.1 Å². The van der Waals surface area contributed by atoms with Gasteiger partial charge in [0.05, 0.1) is 19.2 Å². The fourth-order valence-corrected chi connectivity index (χ4v) is 2.61. The highest BCUT2D eigenvalue weighted by Crippen LogP contribution is 2.20. The molecular formula is C18H19FN2O3. The van der Waals surface area contributed by atoms with E-state index in [0.29, 0.717) is 29.4 Å². The van der Waals surface area contributed by atoms with Crippen LogP contribution in [0.2, 0.25) is 0 Å². The van der Waals surface area contributed by atoms with Crippen LogP contribution in [-0.4, -0.2) is 35.1 Å². The van der Waals surface area contributed by atoms with Crippen LogP contribution in [-0.2, 0) is 11.2 Å². The van der Waals surface area contributed by atoms with Crippen LogP contribution in [0.15, 0.2) is 30.5 Å². The monoisotopic (exact) mass is 330 g/mol. The molecule has 0 saturated carbocycles. The van der Waals surface area contributed by atoms with E-state index in [9.17, 15) is 9.18 Å². The molecule has 5 nitrogen and oxygen atoms in total. The van der Waals surface area contributed by atoms with E-state index in [2.05, 4.69) is 9.97 Å². The lowest BCUT2D eigenvalue weighted by atomic mass is 10.1. The number of nitrogens with zero attached hydrogens (tertiary/aromatic N) is 2. The van der Waals surface area contributed by atoms with Gasteiger partial charge in [0.25, 0.3) is 0 Å². The van der Waals surface area contributed by atoms with Crippen LogP contribution < -0.4 is 4.74 Å². The number of hydrogen-bond donors (Lipinski definition) is 0. The third kappa shape index (κ3) is 4.35. The first-order valence-electron chi connectivity index (χ1n) is 7.97. The lowest BCUT2D eigenvalue weighted by Gasteiger charge is -2.23. The molecule has 1 atom stereocenters. The summed E-state index contributed by atoms with van der Waals surface area (Å²) >= 11 is 0. The Hall–Kier alpha value is -2.34. The zero-order chi connectivity index (χ0) is 16.9. The van der Waals surface area contributed by atoms with Gasteiger partial charge in [0.2, 0.25) is 0 Å². The zero-order valence-corrected chi connectivity index (χ0v) is 13.5. The van der Waals surface area contributed by atoms with E-state index in [4.69, 9.17) is 9.47 Å². The molecule has 0 spiro atoms. The van der Waals surface area contributed by atoms with Crippen LogP contribution in [0, 0.1) is 12.7 Å². The second kappa shape index (κ2) is 7.49. The summed E-state index contributed by atoms with van der Waals surface area (Å²) in [4.78, 5) is 20.6. The Kier molecular flexibility index (Phi) is 5.15. The van der Waals surface area contributed by atoms with Crippen LogP contribution >= 0.6 is 0 Å². The molecule has 1 aliphatic rings. The maximum absolute atomic E-state index is 12.9. The van der Waals surface area contributed by atoms with Crippen molar-refractivity contribution in [3.63, 3.8) is 0 Å². The normalized spacial score (nSPS) is 17.5. The van der Waals surface area contributed by atoms with Crippen molar-refractivity contribution in [3.8, 4) is 5.75 Å². The Morgan fingerprint density at radius 3 is 3.00 bits per heavy atom. The Morgan fingerprint density at radius 1 is 1.42 bits per heavy atom. The van der Waals surface area contributed by atoms with Crippen molar-refractivity contribution in [1.29, 1.82) is 0 Å². The zero-order valence-electron chi connectivity index (χ0n) is 13.5. The van der Waals surface area contributed by atoms with Gasteiger partial charge in [0, 0.05) is 30.1 Å². The molecule has 0 bridgehead atoms. The molecule has 0 aliphatic carbocycles. The molecule has 126 valence electrons. The van der Waals surface area contributed by atoms with Gasteiger partial charge in [-0.1, -0.05) is 0 Å². The summed E-state index contributed by atoms with van der Waals surface area (Å²) in [5.41, 5.74) is 1.54. The van der Waals surface area contributed by atoms with Crippen LogP contribution in [0.1, 0.15) is 34.7 Å². The Labute approximate surface area is 139 Å². The van der Waals surface area contributed by atoms with Gasteiger partial charge in [-0.25, -0.2) is 9.37 Å². The smallest absolute Gasteiger partial charge is 0.187 e. The highest BCUT2D eigenvalue weighted by atomic mass is 19.1. The summed E-state index contributed by atoms with van der Waals surface area (Å²) < 4.78 is 24.2. The van der Waals surface area contributed by atoms with Gasteiger partial charge in [0.1, 0.15) is 23.4 Å². The maximum atomic E-state index is 12.9. The molecule has 2 aromatic heterocycles. The van der Waals surface area contributed by atoms with Crippen molar-refractivity contribution in [2.75, 3.05) is 13.2 Å². The molecule has 0 radical (unpaired) electrons. The molecule has 2 aromatic rings. The number of aryl methyl sites for hydroxylation is 1. The number of ether oxygens (including phenoxy) is 2. The molecule has 1 fully saturated rings. The van der Waals surface area contributed by atoms with Crippen molar-refractivity contribution in [2.45, 2.75) is 32.3 Å². The number of aromatic nitrogens is 2. The van der Waals surface area contributed by atoms with E-state index in [1.54, 1.807) is 6.07 Å². The number of pyridine rings is 2. The Balaban J connectivity index is 1.72. The van der Waals surface area contributed by atoms with Gasteiger partial charge >= 0.3 is 0 Å². The lowest BCUT2D eigenvalue weighted by Crippen LogP contribution is -2.28. The summed E-state index contributed by atoms with van der Waals surface area (Å²) in [6.45, 7) is 3.14. The van der Waals surface area contributed by atoms with E-state index in [-0.39, 0.29) is 18.3 Å². The van der Waals surface area contributed by atoms with Crippen molar-refractivity contribution < 1.29 is 18.7 Å². The van der Waals surface area contributed by atoms with Gasteiger partial charge in [0.15, 0.2) is 5.78 Å². The Bertz CT molecular complexity index is 713. The maximum Gasteiger partial charge on any atom is 0.187 e. The van der Waals surface area contributed by atoms with Crippen LogP contribution in [0.25, 0.3) is 0 Å². The summed E-state index contributed by atoms with van der Waals surface area (Å²) in [6.07, 6.45) is 3.08. The van der Waals surface area contributed by atoms with Crippen LogP contribution in [0.4, 0.5) is 4.39 Å². The van der Waals surface area contributed by atoms with Crippen molar-refractivity contribution in [3.05, 3.63) is 53.4 Å². The number of ketones is 1. The van der Waals surface area contributed by atoms with Gasteiger partial charge in [-0.2, -0.15) is 0 Å². The van der Waals surface area contributed by atoms with E-state index >= 15 is 0 Å². The summed E-state index contributed by atoms with van der Waals surface area (Å²) in [7, 11) is 0.